The van der Waals surface area contributed by atoms with Gasteiger partial charge in [-0.15, -0.1) is 0 Å². The highest BCUT2D eigenvalue weighted by molar-refractivity contribution is 7.71. The predicted molar refractivity (Wildman–Crippen MR) is 126 cm³/mol. The average Bonchev–Trinajstić information content (AvgIpc) is 3.13. The van der Waals surface area contributed by atoms with Crippen molar-refractivity contribution >= 4 is 18.4 Å². The lowest BCUT2D eigenvalue weighted by atomic mass is 9.87. The van der Waals surface area contributed by atoms with Crippen molar-refractivity contribution in [1.82, 2.24) is 14.9 Å². The Morgan fingerprint density at radius 2 is 1.43 bits per heavy atom. The van der Waals surface area contributed by atoms with Gasteiger partial charge in [-0.05, 0) is 39.9 Å². The van der Waals surface area contributed by atoms with Gasteiger partial charge in [0, 0.05) is 5.56 Å². The minimum atomic E-state index is 0.104. The van der Waals surface area contributed by atoms with Crippen LogP contribution in [0.5, 0.6) is 0 Å². The maximum atomic E-state index is 5.39. The van der Waals surface area contributed by atoms with Crippen LogP contribution in [0.15, 0.2) is 84.0 Å². The van der Waals surface area contributed by atoms with Crippen molar-refractivity contribution in [3.8, 4) is 22.5 Å². The second kappa shape index (κ2) is 8.20. The standard InChI is InChI=1S/C25H24N4S/c1-25(2,3)22-15-13-21(14-16-22)23-27-28-24(30)29(23)26-17-18-9-11-20(12-10-18)19-7-5-4-6-8-19/h4-17H,1-3H3,(H,28,30). The van der Waals surface area contributed by atoms with Gasteiger partial charge in [-0.3, -0.25) is 0 Å². The van der Waals surface area contributed by atoms with Crippen molar-refractivity contribution in [2.75, 3.05) is 0 Å². The van der Waals surface area contributed by atoms with E-state index < -0.39 is 0 Å². The van der Waals surface area contributed by atoms with Gasteiger partial charge in [0.15, 0.2) is 5.82 Å². The highest BCUT2D eigenvalue weighted by Crippen LogP contribution is 2.25. The van der Waals surface area contributed by atoms with E-state index >= 15 is 0 Å². The molecule has 3 aromatic carbocycles. The van der Waals surface area contributed by atoms with Crippen LogP contribution in [0, 0.1) is 4.77 Å². The second-order valence-electron chi connectivity index (χ2n) is 8.22. The molecule has 30 heavy (non-hydrogen) atoms. The Morgan fingerprint density at radius 3 is 2.07 bits per heavy atom. The summed E-state index contributed by atoms with van der Waals surface area (Å²) in [6.45, 7) is 6.60. The predicted octanol–water partition coefficient (Wildman–Crippen LogP) is 6.45. The molecule has 0 fully saturated rings. The van der Waals surface area contributed by atoms with Crippen LogP contribution in [-0.4, -0.2) is 21.1 Å². The molecule has 4 aromatic rings. The zero-order valence-corrected chi connectivity index (χ0v) is 18.1. The van der Waals surface area contributed by atoms with Crippen LogP contribution in [0.4, 0.5) is 0 Å². The number of aromatic amines is 1. The molecule has 4 rings (SSSR count). The van der Waals surface area contributed by atoms with E-state index in [9.17, 15) is 0 Å². The number of aromatic nitrogens is 3. The molecule has 1 aromatic heterocycles. The molecule has 0 saturated carbocycles. The number of hydrogen-bond acceptors (Lipinski definition) is 3. The first kappa shape index (κ1) is 20.0. The van der Waals surface area contributed by atoms with Crippen molar-refractivity contribution in [2.24, 2.45) is 5.10 Å². The molecule has 0 aliphatic carbocycles. The summed E-state index contributed by atoms with van der Waals surface area (Å²) in [6.07, 6.45) is 1.80. The van der Waals surface area contributed by atoms with E-state index in [0.717, 1.165) is 11.1 Å². The summed E-state index contributed by atoms with van der Waals surface area (Å²) in [4.78, 5) is 0. The van der Waals surface area contributed by atoms with Gasteiger partial charge in [-0.1, -0.05) is 99.6 Å². The lowest BCUT2D eigenvalue weighted by Crippen LogP contribution is -2.10. The molecule has 4 nitrogen and oxygen atoms in total. The van der Waals surface area contributed by atoms with Gasteiger partial charge >= 0.3 is 0 Å². The molecule has 150 valence electrons. The van der Waals surface area contributed by atoms with Crippen LogP contribution in [0.25, 0.3) is 22.5 Å². The minimum absolute atomic E-state index is 0.104. The quantitative estimate of drug-likeness (QED) is 0.309. The second-order valence-corrected chi connectivity index (χ2v) is 8.61. The fourth-order valence-corrected chi connectivity index (χ4v) is 3.40. The summed E-state index contributed by atoms with van der Waals surface area (Å²) in [5.74, 6) is 0.692. The fourth-order valence-electron chi connectivity index (χ4n) is 3.22. The summed E-state index contributed by atoms with van der Waals surface area (Å²) in [6, 6.07) is 27.0. The number of nitrogens with one attached hydrogen (secondary N) is 1. The molecule has 5 heteroatoms. The first-order valence-corrected chi connectivity index (χ1v) is 10.3. The van der Waals surface area contributed by atoms with Crippen LogP contribution in [0.1, 0.15) is 31.9 Å². The number of rotatable bonds is 4. The van der Waals surface area contributed by atoms with Crippen molar-refractivity contribution < 1.29 is 0 Å². The lowest BCUT2D eigenvalue weighted by molar-refractivity contribution is 0.590. The number of benzene rings is 3. The SMILES string of the molecule is CC(C)(C)c1ccc(-c2n[nH]c(=S)n2N=Cc2ccc(-c3ccccc3)cc2)cc1. The van der Waals surface area contributed by atoms with E-state index in [-0.39, 0.29) is 5.41 Å². The first-order chi connectivity index (χ1) is 14.4. The van der Waals surface area contributed by atoms with Gasteiger partial charge in [-0.2, -0.15) is 14.9 Å². The Hall–Kier alpha value is -3.31. The molecule has 1 N–H and O–H groups in total. The van der Waals surface area contributed by atoms with Crippen molar-refractivity contribution in [2.45, 2.75) is 26.2 Å². The summed E-state index contributed by atoms with van der Waals surface area (Å²) in [7, 11) is 0. The van der Waals surface area contributed by atoms with Crippen LogP contribution in [0.2, 0.25) is 0 Å². The summed E-state index contributed by atoms with van der Waals surface area (Å²) < 4.78 is 2.12. The van der Waals surface area contributed by atoms with Gasteiger partial charge in [-0.25, -0.2) is 5.10 Å². The van der Waals surface area contributed by atoms with Gasteiger partial charge in [0.1, 0.15) is 0 Å². The van der Waals surface area contributed by atoms with Crippen molar-refractivity contribution in [3.05, 3.63) is 94.8 Å². The Labute approximate surface area is 181 Å². The molecular formula is C25H24N4S. The fraction of sp³-hybridized carbons (Fsp3) is 0.160. The van der Waals surface area contributed by atoms with Gasteiger partial charge in [0.05, 0.1) is 6.21 Å². The molecule has 0 unspecified atom stereocenters. The maximum absolute atomic E-state index is 5.39. The Kier molecular flexibility index (Phi) is 5.46. The molecule has 1 heterocycles. The number of H-pyrrole nitrogens is 1. The van der Waals surface area contributed by atoms with E-state index in [1.165, 1.54) is 16.7 Å². The molecule has 0 spiro atoms. The third-order valence-corrected chi connectivity index (χ3v) is 5.26. The Balaban J connectivity index is 1.59. The third kappa shape index (κ3) is 4.31. The molecule has 0 saturated heterocycles. The Bertz CT molecular complexity index is 1210. The molecule has 0 radical (unpaired) electrons. The number of nitrogens with zero attached hydrogens (tertiary/aromatic N) is 3. The molecular weight excluding hydrogens is 388 g/mol. The minimum Gasteiger partial charge on any atom is -0.250 e. The smallest absolute Gasteiger partial charge is 0.216 e. The monoisotopic (exact) mass is 412 g/mol. The summed E-state index contributed by atoms with van der Waals surface area (Å²) in [5, 5.41) is 11.8. The van der Waals surface area contributed by atoms with Crippen LogP contribution < -0.4 is 0 Å². The molecule has 0 atom stereocenters. The van der Waals surface area contributed by atoms with E-state index in [0.29, 0.717) is 10.6 Å². The van der Waals surface area contributed by atoms with Crippen LogP contribution >= 0.6 is 12.2 Å². The highest BCUT2D eigenvalue weighted by Gasteiger charge is 2.14. The maximum Gasteiger partial charge on any atom is 0.216 e. The Morgan fingerprint density at radius 1 is 0.833 bits per heavy atom. The summed E-state index contributed by atoms with van der Waals surface area (Å²) in [5.41, 5.74) is 5.70. The third-order valence-electron chi connectivity index (χ3n) is 5.00. The van der Waals surface area contributed by atoms with E-state index in [2.05, 4.69) is 84.6 Å². The topological polar surface area (TPSA) is 46.0 Å². The van der Waals surface area contributed by atoms with Crippen molar-refractivity contribution in [1.29, 1.82) is 0 Å². The molecule has 0 amide bonds. The van der Waals surface area contributed by atoms with Gasteiger partial charge < -0.3 is 0 Å². The largest absolute Gasteiger partial charge is 0.250 e. The summed E-state index contributed by atoms with van der Waals surface area (Å²) >= 11 is 5.39. The highest BCUT2D eigenvalue weighted by atomic mass is 32.1. The van der Waals surface area contributed by atoms with Crippen molar-refractivity contribution in [3.63, 3.8) is 0 Å². The molecule has 0 bridgehead atoms. The van der Waals surface area contributed by atoms with Crippen LogP contribution in [-0.2, 0) is 5.41 Å². The van der Waals surface area contributed by atoms with E-state index in [4.69, 9.17) is 12.2 Å². The normalized spacial score (nSPS) is 11.8. The zero-order valence-electron chi connectivity index (χ0n) is 17.3. The van der Waals surface area contributed by atoms with Gasteiger partial charge in [0.2, 0.25) is 4.77 Å². The molecule has 0 aliphatic rings. The first-order valence-electron chi connectivity index (χ1n) is 9.90. The average molecular weight is 413 g/mol. The number of hydrogen-bond donors (Lipinski definition) is 1. The van der Waals surface area contributed by atoms with E-state index in [1.54, 1.807) is 10.9 Å². The molecule has 0 aliphatic heterocycles. The van der Waals surface area contributed by atoms with Gasteiger partial charge in [0.25, 0.3) is 0 Å². The van der Waals surface area contributed by atoms with Crippen LogP contribution in [0.3, 0.4) is 0 Å². The lowest BCUT2D eigenvalue weighted by Gasteiger charge is -2.18. The van der Waals surface area contributed by atoms with E-state index in [1.807, 2.05) is 30.3 Å². The zero-order chi connectivity index (χ0) is 21.1.